The van der Waals surface area contributed by atoms with E-state index in [2.05, 4.69) is 5.10 Å². The first-order valence-corrected chi connectivity index (χ1v) is 9.22. The summed E-state index contributed by atoms with van der Waals surface area (Å²) in [5.74, 6) is -1.11. The van der Waals surface area contributed by atoms with E-state index in [0.29, 0.717) is 25.1 Å². The highest BCUT2D eigenvalue weighted by molar-refractivity contribution is 7.89. The van der Waals surface area contributed by atoms with Gasteiger partial charge in [-0.1, -0.05) is 18.2 Å². The van der Waals surface area contributed by atoms with Crippen LogP contribution in [0, 0.1) is 0 Å². The molecule has 0 aliphatic carbocycles. The second-order valence-corrected chi connectivity index (χ2v) is 7.71. The predicted octanol–water partition coefficient (Wildman–Crippen LogP) is 1.78. The van der Waals surface area contributed by atoms with Crippen LogP contribution in [0.1, 0.15) is 35.2 Å². The average molecular weight is 349 g/mol. The Hall–Kier alpha value is -2.19. The molecule has 1 atom stereocenters. The first-order valence-electron chi connectivity index (χ1n) is 7.78. The minimum absolute atomic E-state index is 0.117. The molecule has 2 aromatic rings. The summed E-state index contributed by atoms with van der Waals surface area (Å²) in [4.78, 5) is 11.5. The molecule has 1 aliphatic rings. The number of aromatic nitrogens is 2. The summed E-state index contributed by atoms with van der Waals surface area (Å²) in [5.41, 5.74) is 0.924. The smallest absolute Gasteiger partial charge is 0.335 e. The predicted molar refractivity (Wildman–Crippen MR) is 87.4 cm³/mol. The van der Waals surface area contributed by atoms with Gasteiger partial charge in [0, 0.05) is 25.8 Å². The van der Waals surface area contributed by atoms with Gasteiger partial charge in [0.25, 0.3) is 0 Å². The summed E-state index contributed by atoms with van der Waals surface area (Å²) in [7, 11) is -3.60. The van der Waals surface area contributed by atoms with Gasteiger partial charge in [0.1, 0.15) is 4.90 Å². The highest BCUT2D eigenvalue weighted by Crippen LogP contribution is 2.32. The lowest BCUT2D eigenvalue weighted by Gasteiger charge is -2.16. The Labute approximate surface area is 140 Å². The third-order valence-electron chi connectivity index (χ3n) is 4.35. The fraction of sp³-hybridized carbons (Fsp3) is 0.375. The fourth-order valence-corrected chi connectivity index (χ4v) is 4.50. The lowest BCUT2D eigenvalue weighted by Crippen LogP contribution is -2.28. The minimum Gasteiger partial charge on any atom is -0.478 e. The number of aryl methyl sites for hydroxylation is 1. The zero-order chi connectivity index (χ0) is 17.3. The van der Waals surface area contributed by atoms with Gasteiger partial charge in [-0.25, -0.2) is 13.2 Å². The zero-order valence-electron chi connectivity index (χ0n) is 13.3. The lowest BCUT2D eigenvalue weighted by molar-refractivity contribution is 0.0695. The number of rotatable bonds is 5. The van der Waals surface area contributed by atoms with Crippen molar-refractivity contribution < 1.29 is 18.3 Å². The van der Waals surface area contributed by atoms with Crippen LogP contribution in [0.5, 0.6) is 0 Å². The van der Waals surface area contributed by atoms with Crippen LogP contribution >= 0.6 is 0 Å². The summed E-state index contributed by atoms with van der Waals surface area (Å²) in [6.07, 6.45) is 3.48. The molecule has 1 saturated heterocycles. The van der Waals surface area contributed by atoms with E-state index in [0.717, 1.165) is 0 Å². The number of hydrogen-bond donors (Lipinski definition) is 1. The normalized spacial score (nSPS) is 18.8. The highest BCUT2D eigenvalue weighted by atomic mass is 32.2. The van der Waals surface area contributed by atoms with Gasteiger partial charge in [0.2, 0.25) is 10.0 Å². The van der Waals surface area contributed by atoms with E-state index in [1.807, 2.05) is 6.92 Å². The third kappa shape index (κ3) is 2.94. The van der Waals surface area contributed by atoms with E-state index in [4.69, 9.17) is 0 Å². The summed E-state index contributed by atoms with van der Waals surface area (Å²) >= 11 is 0. The molecule has 0 saturated carbocycles. The van der Waals surface area contributed by atoms with Gasteiger partial charge in [0.15, 0.2) is 0 Å². The van der Waals surface area contributed by atoms with E-state index in [-0.39, 0.29) is 22.9 Å². The van der Waals surface area contributed by atoms with Crippen molar-refractivity contribution in [2.45, 2.75) is 30.7 Å². The summed E-state index contributed by atoms with van der Waals surface area (Å²) in [6.45, 7) is 3.14. The van der Waals surface area contributed by atoms with Crippen molar-refractivity contribution in [1.29, 1.82) is 0 Å². The Bertz CT molecular complexity index is 860. The molecule has 0 bridgehead atoms. The van der Waals surface area contributed by atoms with E-state index in [1.54, 1.807) is 28.9 Å². The van der Waals surface area contributed by atoms with Gasteiger partial charge in [-0.3, -0.25) is 4.68 Å². The van der Waals surface area contributed by atoms with E-state index in [1.165, 1.54) is 16.7 Å². The van der Waals surface area contributed by atoms with Crippen LogP contribution in [0.25, 0.3) is 0 Å². The van der Waals surface area contributed by atoms with Gasteiger partial charge in [-0.05, 0) is 30.9 Å². The van der Waals surface area contributed by atoms with Crippen LogP contribution in [-0.4, -0.2) is 46.7 Å². The standard InChI is InChI=1S/C16H19N3O4S/c1-2-18-11-13(9-17-18)24(22,23)19-8-7-12(10-19)14-5-3-4-6-15(14)16(20)21/h3-6,9,11-12H,2,7-8,10H2,1H3,(H,20,21)/t12-/m1/s1. The first kappa shape index (κ1) is 16.7. The Morgan fingerprint density at radius 1 is 1.38 bits per heavy atom. The monoisotopic (exact) mass is 349 g/mol. The molecule has 1 aromatic carbocycles. The Morgan fingerprint density at radius 3 is 2.79 bits per heavy atom. The molecule has 0 unspecified atom stereocenters. The molecule has 0 radical (unpaired) electrons. The number of carboxylic acids is 1. The molecule has 1 aromatic heterocycles. The van der Waals surface area contributed by atoms with Crippen LogP contribution in [0.4, 0.5) is 0 Å². The molecule has 3 rings (SSSR count). The van der Waals surface area contributed by atoms with Crippen molar-refractivity contribution >= 4 is 16.0 Å². The SMILES string of the molecule is CCn1cc(S(=O)(=O)N2CC[C@@H](c3ccccc3C(=O)O)C2)cn1. The lowest BCUT2D eigenvalue weighted by atomic mass is 9.93. The van der Waals surface area contributed by atoms with Gasteiger partial charge < -0.3 is 5.11 Å². The molecule has 2 heterocycles. The van der Waals surface area contributed by atoms with Crippen LogP contribution in [0.2, 0.25) is 0 Å². The van der Waals surface area contributed by atoms with Crippen LogP contribution < -0.4 is 0 Å². The van der Waals surface area contributed by atoms with Crippen molar-refractivity contribution in [2.24, 2.45) is 0 Å². The maximum absolute atomic E-state index is 12.7. The van der Waals surface area contributed by atoms with Crippen molar-refractivity contribution in [3.63, 3.8) is 0 Å². The topological polar surface area (TPSA) is 92.5 Å². The van der Waals surface area contributed by atoms with Gasteiger partial charge in [-0.2, -0.15) is 9.40 Å². The summed E-state index contributed by atoms with van der Waals surface area (Å²) in [6, 6.07) is 6.78. The van der Waals surface area contributed by atoms with Crippen LogP contribution in [0.15, 0.2) is 41.6 Å². The molecule has 1 aliphatic heterocycles. The van der Waals surface area contributed by atoms with Gasteiger partial charge >= 0.3 is 5.97 Å². The molecular weight excluding hydrogens is 330 g/mol. The number of aromatic carboxylic acids is 1. The maximum atomic E-state index is 12.7. The summed E-state index contributed by atoms with van der Waals surface area (Å²) in [5, 5.41) is 13.3. The fourth-order valence-electron chi connectivity index (χ4n) is 3.05. The Kier molecular flexibility index (Phi) is 4.42. The number of sulfonamides is 1. The molecule has 7 nitrogen and oxygen atoms in total. The molecule has 1 fully saturated rings. The second-order valence-electron chi connectivity index (χ2n) is 5.77. The van der Waals surface area contributed by atoms with E-state index < -0.39 is 16.0 Å². The first-order chi connectivity index (χ1) is 11.4. The third-order valence-corrected chi connectivity index (χ3v) is 6.17. The molecule has 0 amide bonds. The molecular formula is C16H19N3O4S. The van der Waals surface area contributed by atoms with Crippen molar-refractivity contribution in [2.75, 3.05) is 13.1 Å². The molecule has 24 heavy (non-hydrogen) atoms. The molecule has 1 N–H and O–H groups in total. The Balaban J connectivity index is 1.84. The minimum atomic E-state index is -3.60. The highest BCUT2D eigenvalue weighted by Gasteiger charge is 2.35. The quantitative estimate of drug-likeness (QED) is 0.888. The van der Waals surface area contributed by atoms with Crippen molar-refractivity contribution in [3.05, 3.63) is 47.8 Å². The average Bonchev–Trinajstić information content (AvgIpc) is 3.24. The van der Waals surface area contributed by atoms with Crippen molar-refractivity contribution in [1.82, 2.24) is 14.1 Å². The number of carboxylic acid groups (broad SMARTS) is 1. The summed E-state index contributed by atoms with van der Waals surface area (Å²) < 4.78 is 28.4. The van der Waals surface area contributed by atoms with E-state index in [9.17, 15) is 18.3 Å². The number of nitrogens with zero attached hydrogens (tertiary/aromatic N) is 3. The molecule has 128 valence electrons. The number of carbonyl (C=O) groups is 1. The number of hydrogen-bond acceptors (Lipinski definition) is 4. The van der Waals surface area contributed by atoms with Crippen LogP contribution in [-0.2, 0) is 16.6 Å². The maximum Gasteiger partial charge on any atom is 0.335 e. The Morgan fingerprint density at radius 2 is 2.12 bits per heavy atom. The van der Waals surface area contributed by atoms with Gasteiger partial charge in [-0.15, -0.1) is 0 Å². The van der Waals surface area contributed by atoms with Crippen LogP contribution in [0.3, 0.4) is 0 Å². The molecule has 0 spiro atoms. The van der Waals surface area contributed by atoms with E-state index >= 15 is 0 Å². The molecule has 8 heteroatoms. The largest absolute Gasteiger partial charge is 0.478 e. The van der Waals surface area contributed by atoms with Gasteiger partial charge in [0.05, 0.1) is 11.8 Å². The zero-order valence-corrected chi connectivity index (χ0v) is 14.1. The number of benzene rings is 1. The van der Waals surface area contributed by atoms with Crippen molar-refractivity contribution in [3.8, 4) is 0 Å². The second kappa shape index (κ2) is 6.37.